The zero-order valence-corrected chi connectivity index (χ0v) is 12.1. The molecule has 1 amide bonds. The number of amides is 1. The summed E-state index contributed by atoms with van der Waals surface area (Å²) in [4.78, 5) is 22.7. The molecule has 5 heteroatoms. The van der Waals surface area contributed by atoms with Crippen LogP contribution in [0, 0.1) is 0 Å². The second-order valence-electron chi connectivity index (χ2n) is 4.45. The van der Waals surface area contributed by atoms with Gasteiger partial charge in [0.25, 0.3) is 5.91 Å². The Labute approximate surface area is 127 Å². The van der Waals surface area contributed by atoms with Gasteiger partial charge in [-0.15, -0.1) is 0 Å². The van der Waals surface area contributed by atoms with Crippen LogP contribution in [0.25, 0.3) is 0 Å². The number of rotatable bonds is 5. The van der Waals surface area contributed by atoms with Gasteiger partial charge in [0.2, 0.25) is 0 Å². The van der Waals surface area contributed by atoms with E-state index in [0.717, 1.165) is 6.29 Å². The van der Waals surface area contributed by atoms with E-state index in [9.17, 15) is 9.59 Å². The Morgan fingerprint density at radius 3 is 2.71 bits per heavy atom. The highest BCUT2D eigenvalue weighted by molar-refractivity contribution is 6.30. The number of carbonyl (C=O) groups excluding carboxylic acids is 2. The van der Waals surface area contributed by atoms with Crippen LogP contribution in [0.2, 0.25) is 5.02 Å². The maximum Gasteiger partial charge on any atom is 0.265 e. The standard InChI is InChI=1S/C16H14ClNO3/c1-11(21-15-7-2-4-12(8-15)10-19)16(20)18-14-6-3-5-13(17)9-14/h2-11H,1H3,(H,18,20)/t11-/m0/s1. The lowest BCUT2D eigenvalue weighted by molar-refractivity contribution is -0.122. The summed E-state index contributed by atoms with van der Waals surface area (Å²) in [7, 11) is 0. The van der Waals surface area contributed by atoms with Gasteiger partial charge in [0, 0.05) is 16.3 Å². The Bertz CT molecular complexity index is 657. The highest BCUT2D eigenvalue weighted by Crippen LogP contribution is 2.17. The summed E-state index contributed by atoms with van der Waals surface area (Å²) in [6.07, 6.45) is 0.0229. The van der Waals surface area contributed by atoms with Crippen LogP contribution in [0.4, 0.5) is 5.69 Å². The first kappa shape index (κ1) is 15.1. The fraction of sp³-hybridized carbons (Fsp3) is 0.125. The van der Waals surface area contributed by atoms with Crippen molar-refractivity contribution in [3.8, 4) is 5.75 Å². The molecule has 0 aliphatic heterocycles. The van der Waals surface area contributed by atoms with Gasteiger partial charge in [-0.25, -0.2) is 0 Å². The van der Waals surface area contributed by atoms with Crippen molar-refractivity contribution in [2.24, 2.45) is 0 Å². The second-order valence-corrected chi connectivity index (χ2v) is 4.89. The molecule has 0 spiro atoms. The monoisotopic (exact) mass is 303 g/mol. The van der Waals surface area contributed by atoms with Gasteiger partial charge >= 0.3 is 0 Å². The summed E-state index contributed by atoms with van der Waals surface area (Å²) in [5.74, 6) is 0.169. The van der Waals surface area contributed by atoms with E-state index in [2.05, 4.69) is 5.32 Å². The molecule has 0 radical (unpaired) electrons. The van der Waals surface area contributed by atoms with Crippen LogP contribution in [-0.4, -0.2) is 18.3 Å². The number of carbonyl (C=O) groups is 2. The van der Waals surface area contributed by atoms with Gasteiger partial charge < -0.3 is 10.1 Å². The SMILES string of the molecule is C[C@H](Oc1cccc(C=O)c1)C(=O)Nc1cccc(Cl)c1. The van der Waals surface area contributed by atoms with Gasteiger partial charge in [-0.3, -0.25) is 9.59 Å². The highest BCUT2D eigenvalue weighted by atomic mass is 35.5. The van der Waals surface area contributed by atoms with E-state index < -0.39 is 6.10 Å². The van der Waals surface area contributed by atoms with Crippen molar-refractivity contribution in [3.05, 3.63) is 59.1 Å². The molecular weight excluding hydrogens is 290 g/mol. The predicted octanol–water partition coefficient (Wildman–Crippen LogP) is 3.56. The zero-order chi connectivity index (χ0) is 15.2. The van der Waals surface area contributed by atoms with Crippen LogP contribution in [0.1, 0.15) is 17.3 Å². The van der Waals surface area contributed by atoms with Crippen molar-refractivity contribution >= 4 is 29.5 Å². The van der Waals surface area contributed by atoms with Gasteiger partial charge in [0.05, 0.1) is 0 Å². The quantitative estimate of drug-likeness (QED) is 0.859. The molecule has 1 atom stereocenters. The number of benzene rings is 2. The summed E-state index contributed by atoms with van der Waals surface area (Å²) >= 11 is 5.86. The minimum atomic E-state index is -0.703. The molecule has 0 aliphatic rings. The lowest BCUT2D eigenvalue weighted by atomic mass is 10.2. The van der Waals surface area contributed by atoms with Crippen molar-refractivity contribution in [2.45, 2.75) is 13.0 Å². The zero-order valence-electron chi connectivity index (χ0n) is 11.4. The molecule has 0 saturated carbocycles. The number of halogens is 1. The smallest absolute Gasteiger partial charge is 0.265 e. The first-order valence-electron chi connectivity index (χ1n) is 6.37. The maximum atomic E-state index is 12.0. The molecule has 0 unspecified atom stereocenters. The van der Waals surface area contributed by atoms with Crippen molar-refractivity contribution in [1.29, 1.82) is 0 Å². The van der Waals surface area contributed by atoms with E-state index in [1.54, 1.807) is 55.5 Å². The minimum absolute atomic E-state index is 0.297. The Hall–Kier alpha value is -2.33. The average molecular weight is 304 g/mol. The molecule has 0 aromatic heterocycles. The van der Waals surface area contributed by atoms with Gasteiger partial charge in [0.1, 0.15) is 12.0 Å². The lowest BCUT2D eigenvalue weighted by Crippen LogP contribution is -2.30. The largest absolute Gasteiger partial charge is 0.481 e. The molecular formula is C16H14ClNO3. The number of anilines is 1. The van der Waals surface area contributed by atoms with Gasteiger partial charge in [0.15, 0.2) is 6.10 Å². The van der Waals surface area contributed by atoms with Crippen LogP contribution in [0.15, 0.2) is 48.5 Å². The Morgan fingerprint density at radius 2 is 2.00 bits per heavy atom. The average Bonchev–Trinajstić information content (AvgIpc) is 2.47. The van der Waals surface area contributed by atoms with Crippen molar-refractivity contribution in [1.82, 2.24) is 0 Å². The molecule has 0 saturated heterocycles. The Morgan fingerprint density at radius 1 is 1.24 bits per heavy atom. The summed E-state index contributed by atoms with van der Waals surface area (Å²) in [5.41, 5.74) is 1.10. The fourth-order valence-corrected chi connectivity index (χ4v) is 1.92. The molecule has 2 aromatic rings. The molecule has 0 heterocycles. The van der Waals surface area contributed by atoms with Crippen LogP contribution in [0.3, 0.4) is 0 Å². The van der Waals surface area contributed by atoms with Gasteiger partial charge in [-0.2, -0.15) is 0 Å². The third kappa shape index (κ3) is 4.33. The van der Waals surface area contributed by atoms with E-state index in [1.165, 1.54) is 0 Å². The first-order chi connectivity index (χ1) is 10.1. The van der Waals surface area contributed by atoms with Crippen LogP contribution < -0.4 is 10.1 Å². The van der Waals surface area contributed by atoms with Crippen molar-refractivity contribution < 1.29 is 14.3 Å². The number of aldehydes is 1. The summed E-state index contributed by atoms with van der Waals surface area (Å²) < 4.78 is 5.52. The Kier molecular flexibility index (Phi) is 4.95. The molecule has 108 valence electrons. The summed E-state index contributed by atoms with van der Waals surface area (Å²) in [6, 6.07) is 13.5. The van der Waals surface area contributed by atoms with E-state index in [-0.39, 0.29) is 5.91 Å². The number of hydrogen-bond donors (Lipinski definition) is 1. The number of nitrogens with one attached hydrogen (secondary N) is 1. The topological polar surface area (TPSA) is 55.4 Å². The van der Waals surface area contributed by atoms with Crippen molar-refractivity contribution in [2.75, 3.05) is 5.32 Å². The highest BCUT2D eigenvalue weighted by Gasteiger charge is 2.15. The Balaban J connectivity index is 2.00. The van der Waals surface area contributed by atoms with Gasteiger partial charge in [-0.05, 0) is 37.3 Å². The van der Waals surface area contributed by atoms with Gasteiger partial charge in [-0.1, -0.05) is 29.8 Å². The molecule has 2 rings (SSSR count). The third-order valence-corrected chi connectivity index (χ3v) is 3.00. The summed E-state index contributed by atoms with van der Waals surface area (Å²) in [5, 5.41) is 3.26. The first-order valence-corrected chi connectivity index (χ1v) is 6.74. The fourth-order valence-electron chi connectivity index (χ4n) is 1.73. The predicted molar refractivity (Wildman–Crippen MR) is 82.0 cm³/mol. The summed E-state index contributed by atoms with van der Waals surface area (Å²) in [6.45, 7) is 1.63. The normalized spacial score (nSPS) is 11.5. The molecule has 0 bridgehead atoms. The van der Waals surface area contributed by atoms with E-state index in [4.69, 9.17) is 16.3 Å². The number of hydrogen-bond acceptors (Lipinski definition) is 3. The van der Waals surface area contributed by atoms with E-state index >= 15 is 0 Å². The van der Waals surface area contributed by atoms with Crippen LogP contribution >= 0.6 is 11.6 Å². The molecule has 1 N–H and O–H groups in total. The molecule has 0 aliphatic carbocycles. The van der Waals surface area contributed by atoms with Crippen LogP contribution in [-0.2, 0) is 4.79 Å². The lowest BCUT2D eigenvalue weighted by Gasteiger charge is -2.15. The molecule has 21 heavy (non-hydrogen) atoms. The molecule has 0 fully saturated rings. The number of ether oxygens (including phenoxy) is 1. The van der Waals surface area contributed by atoms with Crippen LogP contribution in [0.5, 0.6) is 5.75 Å². The maximum absolute atomic E-state index is 12.0. The van der Waals surface area contributed by atoms with E-state index in [0.29, 0.717) is 22.0 Å². The molecule has 4 nitrogen and oxygen atoms in total. The van der Waals surface area contributed by atoms with E-state index in [1.807, 2.05) is 0 Å². The molecule has 2 aromatic carbocycles. The second kappa shape index (κ2) is 6.90. The van der Waals surface area contributed by atoms with Crippen molar-refractivity contribution in [3.63, 3.8) is 0 Å². The third-order valence-electron chi connectivity index (χ3n) is 2.77. The minimum Gasteiger partial charge on any atom is -0.481 e.